The zero-order valence-electron chi connectivity index (χ0n) is 13.0. The summed E-state index contributed by atoms with van der Waals surface area (Å²) in [5, 5.41) is 12.7. The van der Waals surface area contributed by atoms with Crippen molar-refractivity contribution in [2.75, 3.05) is 0 Å². The number of phenolic OH excluding ortho intramolecular Hbond substituents is 1. The van der Waals surface area contributed by atoms with E-state index >= 15 is 0 Å². The molecule has 1 aliphatic rings. The molecule has 3 aromatic rings. The number of carbonyl (C=O) groups excluding carboxylic acids is 1. The van der Waals surface area contributed by atoms with Crippen molar-refractivity contribution in [1.29, 1.82) is 0 Å². The standard InChI is InChI=1S/C19H15NO4/c1-2-10-3-8-14-13(9-10)17(22)15-16(20-19(23)18(15)24-14)11-4-6-12(21)7-5-11/h3-9,16,21H,2H2,1H3,(H,20,23). The average Bonchev–Trinajstić information content (AvgIpc) is 2.92. The van der Waals surface area contributed by atoms with E-state index in [9.17, 15) is 14.7 Å². The highest BCUT2D eigenvalue weighted by Crippen LogP contribution is 2.31. The fourth-order valence-electron chi connectivity index (χ4n) is 3.09. The minimum Gasteiger partial charge on any atom is -0.508 e. The van der Waals surface area contributed by atoms with Gasteiger partial charge in [-0.15, -0.1) is 0 Å². The van der Waals surface area contributed by atoms with Crippen molar-refractivity contribution in [2.45, 2.75) is 19.4 Å². The third kappa shape index (κ3) is 2.09. The van der Waals surface area contributed by atoms with Crippen molar-refractivity contribution in [3.63, 3.8) is 0 Å². The third-order valence-electron chi connectivity index (χ3n) is 4.39. The van der Waals surface area contributed by atoms with Crippen LogP contribution < -0.4 is 10.7 Å². The van der Waals surface area contributed by atoms with E-state index in [4.69, 9.17) is 4.42 Å². The Bertz CT molecular complexity index is 1020. The quantitative estimate of drug-likeness (QED) is 0.760. The molecule has 0 saturated heterocycles. The van der Waals surface area contributed by atoms with Gasteiger partial charge in [-0.1, -0.05) is 25.1 Å². The topological polar surface area (TPSA) is 79.5 Å². The van der Waals surface area contributed by atoms with Crippen LogP contribution in [0.15, 0.2) is 51.7 Å². The molecule has 0 fully saturated rings. The Morgan fingerprint density at radius 2 is 1.88 bits per heavy atom. The first-order valence-electron chi connectivity index (χ1n) is 7.78. The molecule has 0 bridgehead atoms. The van der Waals surface area contributed by atoms with Crippen LogP contribution in [0.25, 0.3) is 11.0 Å². The van der Waals surface area contributed by atoms with Gasteiger partial charge in [0.25, 0.3) is 5.91 Å². The minimum atomic E-state index is -0.570. The van der Waals surface area contributed by atoms with E-state index in [2.05, 4.69) is 5.32 Å². The molecule has 1 aliphatic heterocycles. The van der Waals surface area contributed by atoms with E-state index in [1.54, 1.807) is 18.2 Å². The van der Waals surface area contributed by atoms with Gasteiger partial charge in [-0.25, -0.2) is 0 Å². The first-order valence-corrected chi connectivity index (χ1v) is 7.78. The van der Waals surface area contributed by atoms with E-state index in [0.717, 1.165) is 17.5 Å². The van der Waals surface area contributed by atoms with Gasteiger partial charge >= 0.3 is 0 Å². The van der Waals surface area contributed by atoms with Crippen LogP contribution in [0.2, 0.25) is 0 Å². The summed E-state index contributed by atoms with van der Waals surface area (Å²) in [7, 11) is 0. The molecule has 0 spiro atoms. The zero-order valence-corrected chi connectivity index (χ0v) is 13.0. The molecule has 24 heavy (non-hydrogen) atoms. The van der Waals surface area contributed by atoms with Crippen LogP contribution in [0.1, 0.15) is 40.2 Å². The lowest BCUT2D eigenvalue weighted by Gasteiger charge is -2.11. The lowest BCUT2D eigenvalue weighted by Crippen LogP contribution is -2.21. The summed E-state index contributed by atoms with van der Waals surface area (Å²) in [6, 6.07) is 11.3. The number of benzene rings is 2. The number of amides is 1. The van der Waals surface area contributed by atoms with Crippen LogP contribution in [0, 0.1) is 0 Å². The number of hydrogen-bond donors (Lipinski definition) is 2. The normalized spacial score (nSPS) is 16.2. The second-order valence-corrected chi connectivity index (χ2v) is 5.86. The number of nitrogens with one attached hydrogen (secondary N) is 1. The van der Waals surface area contributed by atoms with Gasteiger partial charge in [-0.3, -0.25) is 9.59 Å². The van der Waals surface area contributed by atoms with Gasteiger partial charge in [-0.2, -0.15) is 0 Å². The van der Waals surface area contributed by atoms with Crippen molar-refractivity contribution < 1.29 is 14.3 Å². The lowest BCUT2D eigenvalue weighted by atomic mass is 9.98. The van der Waals surface area contributed by atoms with Crippen LogP contribution in [0.4, 0.5) is 0 Å². The zero-order chi connectivity index (χ0) is 16.8. The Labute approximate surface area is 137 Å². The highest BCUT2D eigenvalue weighted by molar-refractivity contribution is 5.99. The van der Waals surface area contributed by atoms with Crippen LogP contribution in [0.3, 0.4) is 0 Å². The van der Waals surface area contributed by atoms with Crippen LogP contribution in [-0.4, -0.2) is 11.0 Å². The van der Waals surface area contributed by atoms with E-state index in [-0.39, 0.29) is 16.9 Å². The number of hydrogen-bond acceptors (Lipinski definition) is 4. The minimum absolute atomic E-state index is 0.0647. The van der Waals surface area contributed by atoms with Crippen molar-refractivity contribution in [3.05, 3.63) is 75.1 Å². The van der Waals surface area contributed by atoms with Gasteiger partial charge < -0.3 is 14.8 Å². The maximum atomic E-state index is 13.0. The fourth-order valence-corrected chi connectivity index (χ4v) is 3.09. The lowest BCUT2D eigenvalue weighted by molar-refractivity contribution is 0.0938. The van der Waals surface area contributed by atoms with Gasteiger partial charge in [-0.05, 0) is 41.8 Å². The molecular weight excluding hydrogens is 306 g/mol. The number of fused-ring (bicyclic) bond motifs is 2. The SMILES string of the molecule is CCc1ccc2oc3c(c(=O)c2c1)C(c1ccc(O)cc1)NC3=O. The molecule has 1 amide bonds. The summed E-state index contributed by atoms with van der Waals surface area (Å²) < 4.78 is 5.71. The second kappa shape index (κ2) is 5.23. The van der Waals surface area contributed by atoms with Crippen molar-refractivity contribution in [1.82, 2.24) is 5.32 Å². The molecule has 5 heteroatoms. The Kier molecular flexibility index (Phi) is 3.16. The highest BCUT2D eigenvalue weighted by Gasteiger charge is 2.35. The molecule has 1 aromatic heterocycles. The number of carbonyl (C=O) groups is 1. The molecular formula is C19H15NO4. The summed E-state index contributed by atoms with van der Waals surface area (Å²) in [6.07, 6.45) is 0.811. The number of aryl methyl sites for hydroxylation is 1. The molecule has 0 radical (unpaired) electrons. The molecule has 1 unspecified atom stereocenters. The monoisotopic (exact) mass is 321 g/mol. The van der Waals surface area contributed by atoms with Gasteiger partial charge in [0.05, 0.1) is 17.0 Å². The summed E-state index contributed by atoms with van der Waals surface area (Å²) in [4.78, 5) is 25.2. The molecule has 0 saturated carbocycles. The Balaban J connectivity index is 1.97. The fraction of sp³-hybridized carbons (Fsp3) is 0.158. The Hall–Kier alpha value is -3.08. The molecule has 1 atom stereocenters. The predicted molar refractivity (Wildman–Crippen MR) is 89.3 cm³/mol. The largest absolute Gasteiger partial charge is 0.508 e. The van der Waals surface area contributed by atoms with Crippen molar-refractivity contribution in [2.24, 2.45) is 0 Å². The van der Waals surface area contributed by atoms with Gasteiger partial charge in [0, 0.05) is 0 Å². The second-order valence-electron chi connectivity index (χ2n) is 5.86. The molecule has 120 valence electrons. The highest BCUT2D eigenvalue weighted by atomic mass is 16.3. The smallest absolute Gasteiger partial charge is 0.288 e. The summed E-state index contributed by atoms with van der Waals surface area (Å²) in [5.74, 6) is -0.210. The van der Waals surface area contributed by atoms with Gasteiger partial charge in [0.2, 0.25) is 5.76 Å². The van der Waals surface area contributed by atoms with E-state index in [1.807, 2.05) is 19.1 Å². The van der Waals surface area contributed by atoms with Gasteiger partial charge in [0.1, 0.15) is 11.3 Å². The van der Waals surface area contributed by atoms with Crippen LogP contribution in [-0.2, 0) is 6.42 Å². The maximum Gasteiger partial charge on any atom is 0.288 e. The molecule has 5 nitrogen and oxygen atoms in total. The maximum absolute atomic E-state index is 13.0. The van der Waals surface area contributed by atoms with E-state index in [1.165, 1.54) is 12.1 Å². The number of phenols is 1. The average molecular weight is 321 g/mol. The van der Waals surface area contributed by atoms with Crippen molar-refractivity contribution in [3.8, 4) is 5.75 Å². The summed E-state index contributed by atoms with van der Waals surface area (Å²) >= 11 is 0. The third-order valence-corrected chi connectivity index (χ3v) is 4.39. The van der Waals surface area contributed by atoms with E-state index < -0.39 is 11.9 Å². The van der Waals surface area contributed by atoms with Crippen molar-refractivity contribution >= 4 is 16.9 Å². The Morgan fingerprint density at radius 3 is 2.58 bits per heavy atom. The summed E-state index contributed by atoms with van der Waals surface area (Å²) in [6.45, 7) is 2.01. The molecule has 0 aliphatic carbocycles. The van der Waals surface area contributed by atoms with Crippen LogP contribution >= 0.6 is 0 Å². The Morgan fingerprint density at radius 1 is 1.12 bits per heavy atom. The van der Waals surface area contributed by atoms with E-state index in [0.29, 0.717) is 16.5 Å². The summed E-state index contributed by atoms with van der Waals surface area (Å²) in [5.41, 5.74) is 2.30. The number of rotatable bonds is 2. The molecule has 2 heterocycles. The number of aromatic hydroxyl groups is 1. The van der Waals surface area contributed by atoms with Crippen LogP contribution in [0.5, 0.6) is 5.75 Å². The first kappa shape index (κ1) is 14.5. The van der Waals surface area contributed by atoms with Gasteiger partial charge in [0.15, 0.2) is 5.43 Å². The first-order chi connectivity index (χ1) is 11.6. The molecule has 2 N–H and O–H groups in total. The molecule has 4 rings (SSSR count). The molecule has 2 aromatic carbocycles. The predicted octanol–water partition coefficient (Wildman–Crippen LogP) is 2.89.